The van der Waals surface area contributed by atoms with Crippen LogP contribution in [0.2, 0.25) is 0 Å². The number of anilines is 1. The fourth-order valence-corrected chi connectivity index (χ4v) is 2.08. The van der Waals surface area contributed by atoms with Crippen molar-refractivity contribution in [1.82, 2.24) is 15.3 Å². The number of nitrogen functional groups attached to an aromatic ring is 1. The van der Waals surface area contributed by atoms with Crippen molar-refractivity contribution >= 4 is 5.95 Å². The maximum atomic E-state index is 5.66. The molecule has 0 aromatic carbocycles. The topological polar surface area (TPSA) is 63.8 Å². The Kier molecular flexibility index (Phi) is 3.16. The number of hydrogen-bond donors (Lipinski definition) is 2. The van der Waals surface area contributed by atoms with Crippen molar-refractivity contribution in [3.63, 3.8) is 0 Å². The third kappa shape index (κ3) is 2.65. The molecule has 0 spiro atoms. The Balaban J connectivity index is 2.19. The van der Waals surface area contributed by atoms with Crippen LogP contribution in [0.3, 0.4) is 0 Å². The summed E-state index contributed by atoms with van der Waals surface area (Å²) in [6, 6.07) is 2.38. The van der Waals surface area contributed by atoms with E-state index in [4.69, 9.17) is 5.73 Å². The van der Waals surface area contributed by atoms with Crippen molar-refractivity contribution in [2.45, 2.75) is 38.6 Å². The van der Waals surface area contributed by atoms with E-state index in [1.165, 1.54) is 19.3 Å². The molecule has 2 rings (SSSR count). The molecule has 1 aliphatic rings. The zero-order chi connectivity index (χ0) is 10.7. The lowest BCUT2D eigenvalue weighted by Gasteiger charge is -2.15. The van der Waals surface area contributed by atoms with Crippen LogP contribution in [0, 0.1) is 6.92 Å². The number of hydrogen-bond acceptors (Lipinski definition) is 4. The average Bonchev–Trinajstić information content (AvgIpc) is 2.43. The van der Waals surface area contributed by atoms with Crippen LogP contribution in [0.15, 0.2) is 6.07 Å². The zero-order valence-electron chi connectivity index (χ0n) is 9.16. The molecule has 82 valence electrons. The van der Waals surface area contributed by atoms with E-state index in [9.17, 15) is 0 Å². The molecule has 1 aromatic heterocycles. The molecule has 0 bridgehead atoms. The highest BCUT2D eigenvalue weighted by Crippen LogP contribution is 2.21. The molecule has 4 nitrogen and oxygen atoms in total. The second-order valence-corrected chi connectivity index (χ2v) is 4.15. The molecule has 0 radical (unpaired) electrons. The van der Waals surface area contributed by atoms with Crippen LogP contribution in [0.25, 0.3) is 0 Å². The van der Waals surface area contributed by atoms with E-state index in [0.29, 0.717) is 12.0 Å². The van der Waals surface area contributed by atoms with Gasteiger partial charge in [0, 0.05) is 11.7 Å². The van der Waals surface area contributed by atoms with Gasteiger partial charge in [0.25, 0.3) is 0 Å². The summed E-state index contributed by atoms with van der Waals surface area (Å²) < 4.78 is 0. The van der Waals surface area contributed by atoms with Gasteiger partial charge in [0.1, 0.15) is 0 Å². The van der Waals surface area contributed by atoms with Gasteiger partial charge in [-0.05, 0) is 32.4 Å². The summed E-state index contributed by atoms with van der Waals surface area (Å²) in [6.07, 6.45) is 4.98. The molecule has 1 aliphatic heterocycles. The van der Waals surface area contributed by atoms with Crippen molar-refractivity contribution in [3.05, 3.63) is 17.5 Å². The zero-order valence-corrected chi connectivity index (χ0v) is 9.16. The smallest absolute Gasteiger partial charge is 0.220 e. The largest absolute Gasteiger partial charge is 0.368 e. The lowest BCUT2D eigenvalue weighted by molar-refractivity contribution is 0.521. The first-order valence-corrected chi connectivity index (χ1v) is 5.60. The highest BCUT2D eigenvalue weighted by Gasteiger charge is 2.15. The minimum atomic E-state index is 0.358. The second kappa shape index (κ2) is 4.57. The van der Waals surface area contributed by atoms with Gasteiger partial charge in [0.05, 0.1) is 5.69 Å². The molecule has 3 N–H and O–H groups in total. The predicted octanol–water partition coefficient (Wildman–Crippen LogP) is 1.57. The first-order valence-electron chi connectivity index (χ1n) is 5.60. The summed E-state index contributed by atoms with van der Waals surface area (Å²) in [5, 5.41) is 3.51. The molecule has 1 fully saturated rings. The van der Waals surface area contributed by atoms with E-state index in [-0.39, 0.29) is 0 Å². The van der Waals surface area contributed by atoms with Gasteiger partial charge in [0.15, 0.2) is 0 Å². The number of aryl methyl sites for hydroxylation is 1. The van der Waals surface area contributed by atoms with Gasteiger partial charge in [-0.25, -0.2) is 9.97 Å². The van der Waals surface area contributed by atoms with Gasteiger partial charge in [-0.1, -0.05) is 12.8 Å². The number of nitrogens with one attached hydrogen (secondary N) is 1. The molecule has 15 heavy (non-hydrogen) atoms. The Morgan fingerprint density at radius 3 is 3.00 bits per heavy atom. The molecule has 1 saturated heterocycles. The quantitative estimate of drug-likeness (QED) is 0.732. The van der Waals surface area contributed by atoms with Crippen molar-refractivity contribution < 1.29 is 0 Å². The third-order valence-corrected chi connectivity index (χ3v) is 2.81. The Morgan fingerprint density at radius 1 is 1.33 bits per heavy atom. The molecule has 0 amide bonds. The molecule has 1 unspecified atom stereocenters. The van der Waals surface area contributed by atoms with E-state index < -0.39 is 0 Å². The van der Waals surface area contributed by atoms with E-state index >= 15 is 0 Å². The molecule has 1 atom stereocenters. The van der Waals surface area contributed by atoms with Crippen LogP contribution in [0.5, 0.6) is 0 Å². The SMILES string of the molecule is Cc1cc(C2CCCCCN2)nc(N)n1. The average molecular weight is 206 g/mol. The van der Waals surface area contributed by atoms with Gasteiger partial charge < -0.3 is 11.1 Å². The second-order valence-electron chi connectivity index (χ2n) is 4.15. The molecule has 0 saturated carbocycles. The highest BCUT2D eigenvalue weighted by atomic mass is 15.0. The highest BCUT2D eigenvalue weighted by molar-refractivity contribution is 5.23. The summed E-state index contributed by atoms with van der Waals surface area (Å²) in [5.41, 5.74) is 7.65. The van der Waals surface area contributed by atoms with Crippen LogP contribution in [-0.2, 0) is 0 Å². The summed E-state index contributed by atoms with van der Waals surface area (Å²) >= 11 is 0. The van der Waals surface area contributed by atoms with Crippen molar-refractivity contribution in [3.8, 4) is 0 Å². The lowest BCUT2D eigenvalue weighted by Crippen LogP contribution is -2.22. The Bertz CT molecular complexity index is 309. The van der Waals surface area contributed by atoms with Crippen LogP contribution >= 0.6 is 0 Å². The summed E-state index contributed by atoms with van der Waals surface area (Å²) in [7, 11) is 0. The molecule has 1 aromatic rings. The summed E-state index contributed by atoms with van der Waals surface area (Å²) in [6.45, 7) is 3.03. The fourth-order valence-electron chi connectivity index (χ4n) is 2.08. The van der Waals surface area contributed by atoms with Gasteiger partial charge in [-0.15, -0.1) is 0 Å². The van der Waals surface area contributed by atoms with Gasteiger partial charge in [-0.2, -0.15) is 0 Å². The molecular formula is C11H18N4. The first-order chi connectivity index (χ1) is 7.25. The van der Waals surface area contributed by atoms with Crippen molar-refractivity contribution in [1.29, 1.82) is 0 Å². The maximum absolute atomic E-state index is 5.66. The van der Waals surface area contributed by atoms with E-state index in [1.807, 2.05) is 13.0 Å². The van der Waals surface area contributed by atoms with Gasteiger partial charge in [-0.3, -0.25) is 0 Å². The first kappa shape index (κ1) is 10.4. The van der Waals surface area contributed by atoms with Crippen molar-refractivity contribution in [2.24, 2.45) is 0 Å². The standard InChI is InChI=1S/C11H18N4/c1-8-7-10(15-11(12)14-8)9-5-3-2-4-6-13-9/h7,9,13H,2-6H2,1H3,(H2,12,14,15). The summed E-state index contributed by atoms with van der Waals surface area (Å²) in [5.74, 6) is 0.385. The number of rotatable bonds is 1. The van der Waals surface area contributed by atoms with E-state index in [0.717, 1.165) is 24.4 Å². The Hall–Kier alpha value is -1.16. The van der Waals surface area contributed by atoms with Gasteiger partial charge in [0.2, 0.25) is 5.95 Å². The maximum Gasteiger partial charge on any atom is 0.220 e. The van der Waals surface area contributed by atoms with E-state index in [2.05, 4.69) is 15.3 Å². The molecule has 2 heterocycles. The minimum absolute atomic E-state index is 0.358. The monoisotopic (exact) mass is 206 g/mol. The third-order valence-electron chi connectivity index (χ3n) is 2.81. The molecule has 4 heteroatoms. The Labute approximate surface area is 90.3 Å². The van der Waals surface area contributed by atoms with Crippen molar-refractivity contribution in [2.75, 3.05) is 12.3 Å². The predicted molar refractivity (Wildman–Crippen MR) is 60.4 cm³/mol. The lowest BCUT2D eigenvalue weighted by atomic mass is 10.1. The number of nitrogens with two attached hydrogens (primary N) is 1. The minimum Gasteiger partial charge on any atom is -0.368 e. The van der Waals surface area contributed by atoms with E-state index in [1.54, 1.807) is 0 Å². The summed E-state index contributed by atoms with van der Waals surface area (Å²) in [4.78, 5) is 8.39. The normalized spacial score (nSPS) is 22.3. The Morgan fingerprint density at radius 2 is 2.20 bits per heavy atom. The molecule has 0 aliphatic carbocycles. The molecular weight excluding hydrogens is 188 g/mol. The van der Waals surface area contributed by atoms with Gasteiger partial charge >= 0.3 is 0 Å². The number of aromatic nitrogens is 2. The van der Waals surface area contributed by atoms with Crippen LogP contribution < -0.4 is 11.1 Å². The van der Waals surface area contributed by atoms with Crippen LogP contribution in [0.4, 0.5) is 5.95 Å². The van der Waals surface area contributed by atoms with Crippen LogP contribution in [0.1, 0.15) is 43.1 Å². The number of nitrogens with zero attached hydrogens (tertiary/aromatic N) is 2. The van der Waals surface area contributed by atoms with Crippen LogP contribution in [-0.4, -0.2) is 16.5 Å². The fraction of sp³-hybridized carbons (Fsp3) is 0.636.